The van der Waals surface area contributed by atoms with Crippen LogP contribution in [0.1, 0.15) is 0 Å². The number of nitrogens with zero attached hydrogens (tertiary/aromatic N) is 1. The van der Waals surface area contributed by atoms with Gasteiger partial charge in [0.25, 0.3) is 0 Å². The van der Waals surface area contributed by atoms with E-state index in [-0.39, 0.29) is 0 Å². The fraction of sp³-hybridized carbons (Fsp3) is 0. The first-order chi connectivity index (χ1) is 30.2. The van der Waals surface area contributed by atoms with Gasteiger partial charge in [-0.1, -0.05) is 158 Å². The summed E-state index contributed by atoms with van der Waals surface area (Å²) in [4.78, 5) is 2.37. The van der Waals surface area contributed by atoms with E-state index >= 15 is 0 Å². The molecule has 0 radical (unpaired) electrons. The average Bonchev–Trinajstić information content (AvgIpc) is 3.91. The highest BCUT2D eigenvalue weighted by molar-refractivity contribution is 7.25. The highest BCUT2D eigenvalue weighted by Crippen LogP contribution is 2.43. The molecule has 0 aliphatic carbocycles. The highest BCUT2D eigenvalue weighted by Gasteiger charge is 2.18. The third-order valence-electron chi connectivity index (χ3n) is 12.1. The molecule has 2 nitrogen and oxygen atoms in total. The van der Waals surface area contributed by atoms with Crippen molar-refractivity contribution in [1.82, 2.24) is 0 Å². The maximum atomic E-state index is 6.60. The molecule has 0 N–H and O–H groups in total. The molecule has 2 aromatic heterocycles. The van der Waals surface area contributed by atoms with Crippen LogP contribution in [-0.4, -0.2) is 0 Å². The third kappa shape index (κ3) is 6.18. The second kappa shape index (κ2) is 14.5. The normalized spacial score (nSPS) is 11.6. The SMILES string of the molecule is c1ccc(-c2cccc(-c3ccc(N(c4ccc(-c5ccc6c(c5)sc5ccccc56)cc4)c4cccc(-c5cccc6oc7c8ccccc8ccc7c56)c4)cc3)c2)cc1. The van der Waals surface area contributed by atoms with Crippen molar-refractivity contribution >= 4 is 81.3 Å². The first kappa shape index (κ1) is 35.2. The third-order valence-corrected chi connectivity index (χ3v) is 13.2. The minimum Gasteiger partial charge on any atom is -0.455 e. The van der Waals surface area contributed by atoms with Crippen molar-refractivity contribution in [2.75, 3.05) is 4.90 Å². The zero-order valence-electron chi connectivity index (χ0n) is 33.1. The number of furan rings is 1. The van der Waals surface area contributed by atoms with Crippen LogP contribution in [0.4, 0.5) is 17.1 Å². The molecule has 0 saturated heterocycles. The van der Waals surface area contributed by atoms with Crippen molar-refractivity contribution in [3.8, 4) is 44.5 Å². The molecule has 0 amide bonds. The van der Waals surface area contributed by atoms with Crippen LogP contribution in [0.15, 0.2) is 229 Å². The van der Waals surface area contributed by atoms with Crippen molar-refractivity contribution in [3.63, 3.8) is 0 Å². The lowest BCUT2D eigenvalue weighted by Gasteiger charge is -2.26. The Morgan fingerprint density at radius 3 is 1.69 bits per heavy atom. The summed E-state index contributed by atoms with van der Waals surface area (Å²) in [6.45, 7) is 0. The molecule has 0 saturated carbocycles. The molecular formula is C58H37NOS. The van der Waals surface area contributed by atoms with Crippen molar-refractivity contribution < 1.29 is 4.42 Å². The highest BCUT2D eigenvalue weighted by atomic mass is 32.1. The summed E-state index contributed by atoms with van der Waals surface area (Å²) in [6.07, 6.45) is 0. The van der Waals surface area contributed by atoms with Crippen molar-refractivity contribution in [3.05, 3.63) is 224 Å². The molecule has 10 aromatic carbocycles. The van der Waals surface area contributed by atoms with E-state index < -0.39 is 0 Å². The molecule has 3 heteroatoms. The van der Waals surface area contributed by atoms with Crippen LogP contribution in [0.3, 0.4) is 0 Å². The van der Waals surface area contributed by atoms with Gasteiger partial charge >= 0.3 is 0 Å². The van der Waals surface area contributed by atoms with E-state index in [1.165, 1.54) is 58.9 Å². The van der Waals surface area contributed by atoms with E-state index in [4.69, 9.17) is 4.42 Å². The van der Waals surface area contributed by atoms with E-state index in [2.05, 4.69) is 229 Å². The predicted octanol–water partition coefficient (Wildman–Crippen LogP) is 17.2. The minimum atomic E-state index is 0.891. The van der Waals surface area contributed by atoms with Crippen molar-refractivity contribution in [2.45, 2.75) is 0 Å². The molecule has 0 fully saturated rings. The van der Waals surface area contributed by atoms with Crippen LogP contribution < -0.4 is 4.90 Å². The summed E-state index contributed by atoms with van der Waals surface area (Å²) in [5.41, 5.74) is 14.5. The van der Waals surface area contributed by atoms with Gasteiger partial charge in [-0.05, 0) is 117 Å². The van der Waals surface area contributed by atoms with Gasteiger partial charge in [0.1, 0.15) is 11.2 Å². The first-order valence-corrected chi connectivity index (χ1v) is 21.5. The lowest BCUT2D eigenvalue weighted by molar-refractivity contribution is 0.673. The number of anilines is 3. The summed E-state index contributed by atoms with van der Waals surface area (Å²) in [7, 11) is 0. The number of hydrogen-bond donors (Lipinski definition) is 0. The van der Waals surface area contributed by atoms with Crippen LogP contribution in [0.2, 0.25) is 0 Å². The fourth-order valence-electron chi connectivity index (χ4n) is 9.07. The Kier molecular flexibility index (Phi) is 8.39. The quantitative estimate of drug-likeness (QED) is 0.160. The smallest absolute Gasteiger partial charge is 0.143 e. The van der Waals surface area contributed by atoms with E-state index in [1.54, 1.807) is 0 Å². The largest absolute Gasteiger partial charge is 0.455 e. The van der Waals surface area contributed by atoms with E-state index in [0.29, 0.717) is 0 Å². The molecule has 0 aliphatic heterocycles. The van der Waals surface area contributed by atoms with Gasteiger partial charge in [0.05, 0.1) is 0 Å². The Bertz CT molecular complexity index is 3580. The van der Waals surface area contributed by atoms with E-state index in [9.17, 15) is 0 Å². The lowest BCUT2D eigenvalue weighted by atomic mass is 9.97. The Hall–Kier alpha value is -7.72. The van der Waals surface area contributed by atoms with Crippen LogP contribution >= 0.6 is 11.3 Å². The molecule has 0 bridgehead atoms. The molecular weight excluding hydrogens is 759 g/mol. The second-order valence-electron chi connectivity index (χ2n) is 15.7. The number of hydrogen-bond acceptors (Lipinski definition) is 3. The monoisotopic (exact) mass is 795 g/mol. The molecule has 2 heterocycles. The van der Waals surface area contributed by atoms with Crippen LogP contribution in [0.5, 0.6) is 0 Å². The maximum Gasteiger partial charge on any atom is 0.143 e. The Morgan fingerprint density at radius 1 is 0.328 bits per heavy atom. The van der Waals surface area contributed by atoms with E-state index in [1.807, 2.05) is 11.3 Å². The summed E-state index contributed by atoms with van der Waals surface area (Å²) in [5.74, 6) is 0. The molecule has 286 valence electrons. The first-order valence-electron chi connectivity index (χ1n) is 20.7. The summed E-state index contributed by atoms with van der Waals surface area (Å²) >= 11 is 1.86. The fourth-order valence-corrected chi connectivity index (χ4v) is 10.2. The molecule has 12 aromatic rings. The summed E-state index contributed by atoms with van der Waals surface area (Å²) < 4.78 is 9.23. The number of thiophene rings is 1. The predicted molar refractivity (Wildman–Crippen MR) is 261 cm³/mol. The van der Waals surface area contributed by atoms with Crippen LogP contribution in [0, 0.1) is 0 Å². The van der Waals surface area contributed by atoms with Gasteiger partial charge in [-0.3, -0.25) is 0 Å². The van der Waals surface area contributed by atoms with Gasteiger partial charge < -0.3 is 9.32 Å². The Morgan fingerprint density at radius 2 is 0.902 bits per heavy atom. The number of benzene rings is 10. The van der Waals surface area contributed by atoms with Gasteiger partial charge in [0.15, 0.2) is 0 Å². The topological polar surface area (TPSA) is 16.4 Å². The second-order valence-corrected chi connectivity index (χ2v) is 16.8. The minimum absolute atomic E-state index is 0.891. The summed E-state index contributed by atoms with van der Waals surface area (Å²) in [6, 6.07) is 81.1. The summed E-state index contributed by atoms with van der Waals surface area (Å²) in [5, 5.41) is 7.20. The Labute approximate surface area is 357 Å². The van der Waals surface area contributed by atoms with Crippen molar-refractivity contribution in [2.24, 2.45) is 0 Å². The zero-order valence-corrected chi connectivity index (χ0v) is 33.9. The van der Waals surface area contributed by atoms with Gasteiger partial charge in [0, 0.05) is 53.4 Å². The molecule has 12 rings (SSSR count). The molecule has 0 spiro atoms. The maximum absolute atomic E-state index is 6.60. The molecule has 61 heavy (non-hydrogen) atoms. The van der Waals surface area contributed by atoms with E-state index in [0.717, 1.165) is 55.5 Å². The van der Waals surface area contributed by atoms with Gasteiger partial charge in [-0.15, -0.1) is 11.3 Å². The molecule has 0 unspecified atom stereocenters. The Balaban J connectivity index is 0.961. The van der Waals surface area contributed by atoms with Gasteiger partial charge in [-0.25, -0.2) is 0 Å². The lowest BCUT2D eigenvalue weighted by Crippen LogP contribution is -2.10. The standard InChI is InChI=1S/C58H37NOS/c1-2-11-38(12-3-1)42-14-8-15-43(35-42)39-23-29-46(30-24-39)59(47-31-25-40(26-32-47)44-28-33-52-51-19-6-7-22-55(51)61-56(52)37-44)48-17-9-16-45(36-48)49-20-10-21-54-57(49)53-34-27-41-13-4-5-18-50(41)58(53)60-54/h1-37H. The zero-order chi connectivity index (χ0) is 40.3. The average molecular weight is 796 g/mol. The van der Waals surface area contributed by atoms with Crippen LogP contribution in [-0.2, 0) is 0 Å². The number of rotatable bonds is 7. The molecule has 0 atom stereocenters. The molecule has 0 aliphatic rings. The van der Waals surface area contributed by atoms with Crippen LogP contribution in [0.25, 0.3) is 97.4 Å². The van der Waals surface area contributed by atoms with Gasteiger partial charge in [-0.2, -0.15) is 0 Å². The number of fused-ring (bicyclic) bond motifs is 8. The van der Waals surface area contributed by atoms with Gasteiger partial charge in [0.2, 0.25) is 0 Å². The van der Waals surface area contributed by atoms with Crippen molar-refractivity contribution in [1.29, 1.82) is 0 Å².